The standard InChI is InChI=1S/C15H11ClFN3/c16-10-14-18-19-15(11-5-2-1-3-6-11)20(14)13-8-4-7-12(17)9-13/h1-9H,10H2. The van der Waals surface area contributed by atoms with Crippen molar-refractivity contribution < 1.29 is 4.39 Å². The Kier molecular flexibility index (Phi) is 3.48. The predicted molar refractivity (Wildman–Crippen MR) is 76.3 cm³/mol. The minimum Gasteiger partial charge on any atom is -0.278 e. The van der Waals surface area contributed by atoms with Crippen LogP contribution < -0.4 is 0 Å². The molecule has 0 N–H and O–H groups in total. The molecule has 0 amide bonds. The van der Waals surface area contributed by atoms with Crippen LogP contribution in [0.3, 0.4) is 0 Å². The third-order valence-electron chi connectivity index (χ3n) is 2.95. The molecule has 0 aliphatic carbocycles. The van der Waals surface area contributed by atoms with Crippen molar-refractivity contribution in [1.82, 2.24) is 14.8 Å². The van der Waals surface area contributed by atoms with Crippen molar-refractivity contribution in [1.29, 1.82) is 0 Å². The second kappa shape index (κ2) is 5.43. The van der Waals surface area contributed by atoms with Gasteiger partial charge in [0.15, 0.2) is 11.6 Å². The smallest absolute Gasteiger partial charge is 0.168 e. The van der Waals surface area contributed by atoms with E-state index in [9.17, 15) is 4.39 Å². The molecule has 0 bridgehead atoms. The highest BCUT2D eigenvalue weighted by atomic mass is 35.5. The molecule has 0 aliphatic rings. The van der Waals surface area contributed by atoms with Crippen LogP contribution >= 0.6 is 11.6 Å². The first-order valence-corrected chi connectivity index (χ1v) is 6.64. The average Bonchev–Trinajstić information content (AvgIpc) is 2.92. The molecule has 0 saturated carbocycles. The van der Waals surface area contributed by atoms with Gasteiger partial charge in [0.05, 0.1) is 11.6 Å². The summed E-state index contributed by atoms with van der Waals surface area (Å²) in [5.74, 6) is 1.12. The molecule has 20 heavy (non-hydrogen) atoms. The van der Waals surface area contributed by atoms with Gasteiger partial charge in [-0.3, -0.25) is 4.57 Å². The molecule has 3 rings (SSSR count). The van der Waals surface area contributed by atoms with E-state index in [2.05, 4.69) is 10.2 Å². The summed E-state index contributed by atoms with van der Waals surface area (Å²) < 4.78 is 15.2. The largest absolute Gasteiger partial charge is 0.278 e. The van der Waals surface area contributed by atoms with Gasteiger partial charge in [-0.1, -0.05) is 36.4 Å². The molecular weight excluding hydrogens is 277 g/mol. The van der Waals surface area contributed by atoms with Gasteiger partial charge in [-0.25, -0.2) is 4.39 Å². The monoisotopic (exact) mass is 287 g/mol. The Bertz CT molecular complexity index is 725. The van der Waals surface area contributed by atoms with Crippen molar-refractivity contribution in [2.75, 3.05) is 0 Å². The molecule has 0 saturated heterocycles. The molecule has 0 aliphatic heterocycles. The van der Waals surface area contributed by atoms with Crippen molar-refractivity contribution in [3.05, 3.63) is 66.2 Å². The summed E-state index contributed by atoms with van der Waals surface area (Å²) in [4.78, 5) is 0. The summed E-state index contributed by atoms with van der Waals surface area (Å²) in [6.45, 7) is 0. The molecule has 1 heterocycles. The minimum absolute atomic E-state index is 0.205. The highest BCUT2D eigenvalue weighted by molar-refractivity contribution is 6.16. The molecule has 5 heteroatoms. The number of hydrogen-bond acceptors (Lipinski definition) is 2. The first kappa shape index (κ1) is 12.8. The fraction of sp³-hybridized carbons (Fsp3) is 0.0667. The molecule has 3 aromatic rings. The van der Waals surface area contributed by atoms with Gasteiger partial charge in [0.25, 0.3) is 0 Å². The number of halogens is 2. The fourth-order valence-electron chi connectivity index (χ4n) is 2.06. The average molecular weight is 288 g/mol. The van der Waals surface area contributed by atoms with Gasteiger partial charge in [0.1, 0.15) is 5.82 Å². The lowest BCUT2D eigenvalue weighted by atomic mass is 10.2. The molecule has 0 spiro atoms. The number of alkyl halides is 1. The Hall–Kier alpha value is -2.20. The van der Waals surface area contributed by atoms with Crippen molar-refractivity contribution in [2.45, 2.75) is 5.88 Å². The van der Waals surface area contributed by atoms with E-state index in [4.69, 9.17) is 11.6 Å². The van der Waals surface area contributed by atoms with E-state index in [1.54, 1.807) is 16.7 Å². The number of rotatable bonds is 3. The highest BCUT2D eigenvalue weighted by Crippen LogP contribution is 2.23. The van der Waals surface area contributed by atoms with Crippen LogP contribution in [-0.2, 0) is 5.88 Å². The van der Waals surface area contributed by atoms with Crippen LogP contribution in [0, 0.1) is 5.82 Å². The Morgan fingerprint density at radius 2 is 1.80 bits per heavy atom. The zero-order chi connectivity index (χ0) is 13.9. The molecule has 3 nitrogen and oxygen atoms in total. The highest BCUT2D eigenvalue weighted by Gasteiger charge is 2.14. The van der Waals surface area contributed by atoms with Crippen molar-refractivity contribution in [3.63, 3.8) is 0 Å². The molecular formula is C15H11ClFN3. The van der Waals surface area contributed by atoms with Crippen molar-refractivity contribution in [2.24, 2.45) is 0 Å². The Balaban J connectivity index is 2.21. The number of benzene rings is 2. The first-order chi connectivity index (χ1) is 9.79. The van der Waals surface area contributed by atoms with Crippen molar-refractivity contribution in [3.8, 4) is 17.1 Å². The van der Waals surface area contributed by atoms with E-state index in [1.807, 2.05) is 30.3 Å². The quantitative estimate of drug-likeness (QED) is 0.686. The van der Waals surface area contributed by atoms with E-state index >= 15 is 0 Å². The first-order valence-electron chi connectivity index (χ1n) is 6.11. The maximum absolute atomic E-state index is 13.4. The van der Waals surface area contributed by atoms with Gasteiger partial charge in [-0.2, -0.15) is 0 Å². The molecule has 1 aromatic heterocycles. The third kappa shape index (κ3) is 2.30. The van der Waals surface area contributed by atoms with Gasteiger partial charge in [0, 0.05) is 5.56 Å². The minimum atomic E-state index is -0.310. The van der Waals surface area contributed by atoms with Crippen molar-refractivity contribution >= 4 is 11.6 Å². The van der Waals surface area contributed by atoms with Crippen LogP contribution in [0.2, 0.25) is 0 Å². The van der Waals surface area contributed by atoms with Gasteiger partial charge >= 0.3 is 0 Å². The third-order valence-corrected chi connectivity index (χ3v) is 3.19. The second-order valence-corrected chi connectivity index (χ2v) is 4.52. The van der Waals surface area contributed by atoms with E-state index in [-0.39, 0.29) is 11.7 Å². The summed E-state index contributed by atoms with van der Waals surface area (Å²) in [6, 6.07) is 15.9. The maximum atomic E-state index is 13.4. The van der Waals surface area contributed by atoms with Crippen LogP contribution in [0.1, 0.15) is 5.82 Å². The Morgan fingerprint density at radius 1 is 1.00 bits per heavy atom. The van der Waals surface area contributed by atoms with Crippen LogP contribution in [0.4, 0.5) is 4.39 Å². The summed E-state index contributed by atoms with van der Waals surface area (Å²) in [5.41, 5.74) is 1.56. The number of hydrogen-bond donors (Lipinski definition) is 0. The number of aromatic nitrogens is 3. The number of nitrogens with zero attached hydrogens (tertiary/aromatic N) is 3. The van der Waals surface area contributed by atoms with Crippen LogP contribution in [0.15, 0.2) is 54.6 Å². The van der Waals surface area contributed by atoms with Gasteiger partial charge < -0.3 is 0 Å². The lowest BCUT2D eigenvalue weighted by Crippen LogP contribution is -2.02. The van der Waals surface area contributed by atoms with Gasteiger partial charge in [-0.05, 0) is 18.2 Å². The van der Waals surface area contributed by atoms with Gasteiger partial charge in [0.2, 0.25) is 0 Å². The van der Waals surface area contributed by atoms with E-state index in [1.165, 1.54) is 12.1 Å². The predicted octanol–water partition coefficient (Wildman–Crippen LogP) is 3.81. The summed E-state index contributed by atoms with van der Waals surface area (Å²) in [7, 11) is 0. The lowest BCUT2D eigenvalue weighted by Gasteiger charge is -2.09. The SMILES string of the molecule is Fc1cccc(-n2c(CCl)nnc2-c2ccccc2)c1. The van der Waals surface area contributed by atoms with Gasteiger partial charge in [-0.15, -0.1) is 21.8 Å². The molecule has 100 valence electrons. The zero-order valence-electron chi connectivity index (χ0n) is 10.5. The van der Waals surface area contributed by atoms with Crippen LogP contribution in [0.5, 0.6) is 0 Å². The summed E-state index contributed by atoms with van der Waals surface area (Å²) in [5, 5.41) is 8.24. The van der Waals surface area contributed by atoms with E-state index in [0.717, 1.165) is 5.56 Å². The Morgan fingerprint density at radius 3 is 2.50 bits per heavy atom. The molecule has 0 atom stereocenters. The lowest BCUT2D eigenvalue weighted by molar-refractivity contribution is 0.626. The summed E-state index contributed by atoms with van der Waals surface area (Å²) >= 11 is 5.91. The normalized spacial score (nSPS) is 10.7. The van der Waals surface area contributed by atoms with E-state index < -0.39 is 0 Å². The van der Waals surface area contributed by atoms with Crippen LogP contribution in [0.25, 0.3) is 17.1 Å². The Labute approximate surface area is 120 Å². The van der Waals surface area contributed by atoms with Crippen LogP contribution in [-0.4, -0.2) is 14.8 Å². The molecule has 0 radical (unpaired) electrons. The molecule has 2 aromatic carbocycles. The second-order valence-electron chi connectivity index (χ2n) is 4.25. The fourth-order valence-corrected chi connectivity index (χ4v) is 2.24. The zero-order valence-corrected chi connectivity index (χ0v) is 11.3. The topological polar surface area (TPSA) is 30.7 Å². The van der Waals surface area contributed by atoms with E-state index in [0.29, 0.717) is 17.3 Å². The molecule has 0 fully saturated rings. The summed E-state index contributed by atoms with van der Waals surface area (Å²) in [6.07, 6.45) is 0. The maximum Gasteiger partial charge on any atom is 0.168 e. The molecule has 0 unspecified atom stereocenters.